The number of rotatable bonds is 4. The van der Waals surface area contributed by atoms with E-state index in [1.165, 1.54) is 5.56 Å². The van der Waals surface area contributed by atoms with Crippen LogP contribution in [0.2, 0.25) is 0 Å². The zero-order chi connectivity index (χ0) is 15.6. The number of hydrogen-bond donors (Lipinski definition) is 0. The molecule has 1 aliphatic rings. The molecule has 2 heterocycles. The summed E-state index contributed by atoms with van der Waals surface area (Å²) in [6.07, 6.45) is 1.95. The molecule has 1 fully saturated rings. The van der Waals surface area contributed by atoms with Crippen LogP contribution in [-0.4, -0.2) is 30.4 Å². The van der Waals surface area contributed by atoms with Crippen LogP contribution in [0, 0.1) is 0 Å². The highest BCUT2D eigenvalue weighted by Crippen LogP contribution is 2.38. The van der Waals surface area contributed by atoms with Crippen molar-refractivity contribution in [3.8, 4) is 0 Å². The summed E-state index contributed by atoms with van der Waals surface area (Å²) in [6, 6.07) is 10.6. The number of anilines is 1. The van der Waals surface area contributed by atoms with Crippen LogP contribution < -0.4 is 4.90 Å². The highest BCUT2D eigenvalue weighted by atomic mass is 32.1. The predicted molar refractivity (Wildman–Crippen MR) is 90.6 cm³/mol. The van der Waals surface area contributed by atoms with Crippen molar-refractivity contribution < 1.29 is 4.74 Å². The van der Waals surface area contributed by atoms with Gasteiger partial charge in [-0.25, -0.2) is 0 Å². The molecule has 5 heteroatoms. The summed E-state index contributed by atoms with van der Waals surface area (Å²) in [4.78, 5) is 2.34. The Hall–Kier alpha value is -1.46. The number of nitrogens with zero attached hydrogens (tertiary/aromatic N) is 3. The average Bonchev–Trinajstić information content (AvgIpc) is 3.06. The lowest BCUT2D eigenvalue weighted by Crippen LogP contribution is -2.43. The fraction of sp³-hybridized carbons (Fsp3) is 0.529. The summed E-state index contributed by atoms with van der Waals surface area (Å²) >= 11 is 1.71. The Balaban J connectivity index is 1.73. The molecule has 4 nitrogen and oxygen atoms in total. The molecule has 0 bridgehead atoms. The van der Waals surface area contributed by atoms with E-state index in [1.54, 1.807) is 11.3 Å². The van der Waals surface area contributed by atoms with E-state index in [-0.39, 0.29) is 5.60 Å². The Kier molecular flexibility index (Phi) is 4.45. The van der Waals surface area contributed by atoms with Crippen molar-refractivity contribution in [2.24, 2.45) is 0 Å². The molecule has 0 N–H and O–H groups in total. The van der Waals surface area contributed by atoms with E-state index in [2.05, 4.69) is 59.3 Å². The summed E-state index contributed by atoms with van der Waals surface area (Å²) in [5.74, 6) is 0.443. The van der Waals surface area contributed by atoms with Crippen LogP contribution in [0.15, 0.2) is 30.3 Å². The van der Waals surface area contributed by atoms with Gasteiger partial charge >= 0.3 is 0 Å². The predicted octanol–water partition coefficient (Wildman–Crippen LogP) is 3.80. The first-order valence-electron chi connectivity index (χ1n) is 7.84. The standard InChI is InChI=1S/C17H23N3OS/c1-13(2)15-18-19-16(22-15)20-11-9-17(21-3,10-12-20)14-7-5-4-6-8-14/h4-8,13H,9-12H2,1-3H3. The second kappa shape index (κ2) is 6.34. The first-order valence-corrected chi connectivity index (χ1v) is 8.65. The molecular weight excluding hydrogens is 294 g/mol. The molecule has 0 amide bonds. The van der Waals surface area contributed by atoms with E-state index < -0.39 is 0 Å². The lowest BCUT2D eigenvalue weighted by Gasteiger charge is -2.41. The number of benzene rings is 1. The van der Waals surface area contributed by atoms with E-state index in [0.29, 0.717) is 5.92 Å². The van der Waals surface area contributed by atoms with Crippen LogP contribution in [0.3, 0.4) is 0 Å². The minimum Gasteiger partial charge on any atom is -0.373 e. The van der Waals surface area contributed by atoms with Gasteiger partial charge in [0.1, 0.15) is 5.01 Å². The maximum Gasteiger partial charge on any atom is 0.208 e. The van der Waals surface area contributed by atoms with Gasteiger partial charge in [-0.05, 0) is 18.4 Å². The molecule has 1 saturated heterocycles. The molecule has 22 heavy (non-hydrogen) atoms. The number of hydrogen-bond acceptors (Lipinski definition) is 5. The minimum absolute atomic E-state index is 0.163. The highest BCUT2D eigenvalue weighted by Gasteiger charge is 2.37. The van der Waals surface area contributed by atoms with Crippen molar-refractivity contribution in [1.82, 2.24) is 10.2 Å². The lowest BCUT2D eigenvalue weighted by molar-refractivity contribution is -0.0346. The zero-order valence-electron chi connectivity index (χ0n) is 13.5. The summed E-state index contributed by atoms with van der Waals surface area (Å²) < 4.78 is 5.93. The summed E-state index contributed by atoms with van der Waals surface area (Å²) in [6.45, 7) is 6.22. The second-order valence-electron chi connectivity index (χ2n) is 6.13. The molecule has 1 aliphatic heterocycles. The molecule has 0 saturated carbocycles. The van der Waals surface area contributed by atoms with E-state index in [9.17, 15) is 0 Å². The Morgan fingerprint density at radius 2 is 1.82 bits per heavy atom. The first-order chi connectivity index (χ1) is 10.6. The van der Waals surface area contributed by atoms with Gasteiger partial charge in [-0.3, -0.25) is 0 Å². The molecule has 1 aromatic carbocycles. The molecule has 0 unspecified atom stereocenters. The number of methoxy groups -OCH3 is 1. The molecular formula is C17H23N3OS. The van der Waals surface area contributed by atoms with Crippen molar-refractivity contribution in [3.05, 3.63) is 40.9 Å². The van der Waals surface area contributed by atoms with Crippen molar-refractivity contribution in [2.45, 2.75) is 38.2 Å². The van der Waals surface area contributed by atoms with Gasteiger partial charge in [0, 0.05) is 26.1 Å². The van der Waals surface area contributed by atoms with Crippen LogP contribution in [-0.2, 0) is 10.3 Å². The molecule has 0 aliphatic carbocycles. The van der Waals surface area contributed by atoms with E-state index in [1.807, 2.05) is 7.11 Å². The smallest absolute Gasteiger partial charge is 0.208 e. The van der Waals surface area contributed by atoms with Crippen molar-refractivity contribution in [3.63, 3.8) is 0 Å². The van der Waals surface area contributed by atoms with Crippen LogP contribution >= 0.6 is 11.3 Å². The first kappa shape index (κ1) is 15.4. The highest BCUT2D eigenvalue weighted by molar-refractivity contribution is 7.15. The quantitative estimate of drug-likeness (QED) is 0.859. The van der Waals surface area contributed by atoms with Gasteiger partial charge in [0.15, 0.2) is 0 Å². The molecule has 1 aromatic heterocycles. The number of aromatic nitrogens is 2. The van der Waals surface area contributed by atoms with Crippen molar-refractivity contribution in [2.75, 3.05) is 25.1 Å². The fourth-order valence-electron chi connectivity index (χ4n) is 3.00. The molecule has 0 radical (unpaired) electrons. The Bertz CT molecular complexity index is 603. The van der Waals surface area contributed by atoms with Crippen molar-refractivity contribution in [1.29, 1.82) is 0 Å². The van der Waals surface area contributed by atoms with E-state index in [4.69, 9.17) is 4.74 Å². The molecule has 118 valence electrons. The number of piperidine rings is 1. The van der Waals surface area contributed by atoms with Gasteiger partial charge in [-0.15, -0.1) is 10.2 Å². The lowest BCUT2D eigenvalue weighted by atomic mass is 9.84. The normalized spacial score (nSPS) is 17.9. The van der Waals surface area contributed by atoms with Gasteiger partial charge in [-0.2, -0.15) is 0 Å². The van der Waals surface area contributed by atoms with Crippen molar-refractivity contribution >= 4 is 16.5 Å². The zero-order valence-corrected chi connectivity index (χ0v) is 14.3. The summed E-state index contributed by atoms with van der Waals surface area (Å²) in [5.41, 5.74) is 1.11. The monoisotopic (exact) mass is 317 g/mol. The molecule has 0 atom stereocenters. The van der Waals surface area contributed by atoms with E-state index in [0.717, 1.165) is 36.1 Å². The SMILES string of the molecule is COC1(c2ccccc2)CCN(c2nnc(C(C)C)s2)CC1. The molecule has 2 aromatic rings. The maximum absolute atomic E-state index is 5.93. The Morgan fingerprint density at radius 1 is 1.14 bits per heavy atom. The van der Waals surface area contributed by atoms with Gasteiger partial charge in [-0.1, -0.05) is 55.5 Å². The van der Waals surface area contributed by atoms with Gasteiger partial charge in [0.2, 0.25) is 5.13 Å². The maximum atomic E-state index is 5.93. The minimum atomic E-state index is -0.163. The van der Waals surface area contributed by atoms with Crippen LogP contribution in [0.4, 0.5) is 5.13 Å². The summed E-state index contributed by atoms with van der Waals surface area (Å²) in [5, 5.41) is 10.8. The third kappa shape index (κ3) is 2.88. The Morgan fingerprint density at radius 3 is 2.36 bits per heavy atom. The Labute approximate surface area is 136 Å². The summed E-state index contributed by atoms with van der Waals surface area (Å²) in [7, 11) is 1.82. The fourth-order valence-corrected chi connectivity index (χ4v) is 3.90. The van der Waals surface area contributed by atoms with Gasteiger partial charge in [0.05, 0.1) is 5.60 Å². The third-order valence-corrected chi connectivity index (χ3v) is 5.74. The van der Waals surface area contributed by atoms with Crippen LogP contribution in [0.5, 0.6) is 0 Å². The van der Waals surface area contributed by atoms with E-state index >= 15 is 0 Å². The molecule has 3 rings (SSSR count). The number of ether oxygens (including phenoxy) is 1. The second-order valence-corrected chi connectivity index (χ2v) is 7.12. The topological polar surface area (TPSA) is 38.2 Å². The van der Waals surface area contributed by atoms with Crippen LogP contribution in [0.25, 0.3) is 0 Å². The average molecular weight is 317 g/mol. The van der Waals surface area contributed by atoms with Gasteiger partial charge in [0.25, 0.3) is 0 Å². The van der Waals surface area contributed by atoms with Crippen LogP contribution in [0.1, 0.15) is 43.2 Å². The molecule has 0 spiro atoms. The third-order valence-electron chi connectivity index (χ3n) is 4.46. The largest absolute Gasteiger partial charge is 0.373 e. The van der Waals surface area contributed by atoms with Gasteiger partial charge < -0.3 is 9.64 Å².